The van der Waals surface area contributed by atoms with E-state index in [1.54, 1.807) is 6.20 Å². The molecule has 20 heavy (non-hydrogen) atoms. The van der Waals surface area contributed by atoms with Crippen LogP contribution in [0.4, 0.5) is 0 Å². The van der Waals surface area contributed by atoms with E-state index in [2.05, 4.69) is 10.3 Å². The van der Waals surface area contributed by atoms with Crippen LogP contribution in [0.2, 0.25) is 0 Å². The monoisotopic (exact) mass is 290 g/mol. The quantitative estimate of drug-likeness (QED) is 0.848. The predicted octanol–water partition coefficient (Wildman–Crippen LogP) is 1.36. The maximum atomic E-state index is 11.3. The number of nitrogens with one attached hydrogen (secondary N) is 1. The fourth-order valence-corrected chi connectivity index (χ4v) is 3.29. The molecule has 1 aliphatic heterocycles. The first-order chi connectivity index (χ1) is 9.66. The van der Waals surface area contributed by atoms with Crippen molar-refractivity contribution in [3.63, 3.8) is 0 Å². The van der Waals surface area contributed by atoms with Crippen LogP contribution >= 0.6 is 0 Å². The van der Waals surface area contributed by atoms with Crippen LogP contribution in [0, 0.1) is 0 Å². The largest absolute Gasteiger partial charge is 0.760 e. The summed E-state index contributed by atoms with van der Waals surface area (Å²) in [5, 5.41) is 5.57. The lowest BCUT2D eigenvalue weighted by Gasteiger charge is -2.39. The Hall–Kier alpha value is -1.34. The summed E-state index contributed by atoms with van der Waals surface area (Å²) >= 11 is -2.19. The predicted molar refractivity (Wildman–Crippen MR) is 77.6 cm³/mol. The molecule has 1 N–H and O–H groups in total. The van der Waals surface area contributed by atoms with Crippen LogP contribution in [0.25, 0.3) is 10.8 Å². The molecule has 1 aromatic carbocycles. The molecule has 1 unspecified atom stereocenters. The second-order valence-corrected chi connectivity index (χ2v) is 5.95. The van der Waals surface area contributed by atoms with Crippen molar-refractivity contribution in [1.82, 2.24) is 14.6 Å². The highest BCUT2D eigenvalue weighted by Crippen LogP contribution is 2.25. The summed E-state index contributed by atoms with van der Waals surface area (Å²) in [4.78, 5) is 4.46. The van der Waals surface area contributed by atoms with E-state index in [0.29, 0.717) is 13.1 Å². The van der Waals surface area contributed by atoms with E-state index in [4.69, 9.17) is 0 Å². The number of fused-ring (bicyclic) bond motifs is 1. The minimum absolute atomic E-state index is 0.0282. The van der Waals surface area contributed by atoms with Gasteiger partial charge in [0.05, 0.1) is 11.7 Å². The van der Waals surface area contributed by atoms with Gasteiger partial charge in [-0.25, -0.2) is 4.31 Å². The normalized spacial score (nSPS) is 25.7. The van der Waals surface area contributed by atoms with Gasteiger partial charge in [0.15, 0.2) is 0 Å². The lowest BCUT2D eigenvalue weighted by molar-refractivity contribution is 0.230. The molecule has 6 heteroatoms. The van der Waals surface area contributed by atoms with E-state index in [-0.39, 0.29) is 12.1 Å². The molecule has 3 atom stereocenters. The summed E-state index contributed by atoms with van der Waals surface area (Å²) in [6.07, 6.45) is 1.77. The van der Waals surface area contributed by atoms with Crippen LogP contribution in [0.15, 0.2) is 36.5 Å². The van der Waals surface area contributed by atoms with E-state index in [9.17, 15) is 8.76 Å². The zero-order chi connectivity index (χ0) is 14.1. The van der Waals surface area contributed by atoms with E-state index in [1.807, 2.05) is 37.3 Å². The van der Waals surface area contributed by atoms with E-state index < -0.39 is 11.3 Å². The van der Waals surface area contributed by atoms with Crippen LogP contribution in [0.1, 0.15) is 18.7 Å². The number of rotatable bonds is 2. The zero-order valence-electron chi connectivity index (χ0n) is 11.2. The molecule has 0 radical (unpaired) electrons. The first-order valence-electron chi connectivity index (χ1n) is 6.60. The molecule has 5 nitrogen and oxygen atoms in total. The number of nitrogens with zero attached hydrogens (tertiary/aromatic N) is 2. The highest BCUT2D eigenvalue weighted by molar-refractivity contribution is 7.76. The molecule has 2 heterocycles. The average molecular weight is 290 g/mol. The number of hydrogen-bond acceptors (Lipinski definition) is 4. The molecule has 1 aliphatic rings. The molecule has 0 amide bonds. The molecule has 3 rings (SSSR count). The van der Waals surface area contributed by atoms with Crippen molar-refractivity contribution in [3.8, 4) is 0 Å². The molecular formula is C14H16N3O2S-. The van der Waals surface area contributed by atoms with Gasteiger partial charge in [0.25, 0.3) is 0 Å². The van der Waals surface area contributed by atoms with Crippen molar-refractivity contribution in [2.75, 3.05) is 13.1 Å². The third-order valence-electron chi connectivity index (χ3n) is 3.74. The Balaban J connectivity index is 1.97. The van der Waals surface area contributed by atoms with Crippen LogP contribution in [0.3, 0.4) is 0 Å². The van der Waals surface area contributed by atoms with Gasteiger partial charge < -0.3 is 9.87 Å². The zero-order valence-corrected chi connectivity index (χ0v) is 12.0. The fourth-order valence-electron chi connectivity index (χ4n) is 2.65. The summed E-state index contributed by atoms with van der Waals surface area (Å²) in [5.41, 5.74) is 0.908. The Kier molecular flexibility index (Phi) is 3.80. The Morgan fingerprint density at radius 3 is 3.00 bits per heavy atom. The minimum Gasteiger partial charge on any atom is -0.760 e. The smallest absolute Gasteiger partial charge is 0.0664 e. The second-order valence-electron chi connectivity index (χ2n) is 5.04. The average Bonchev–Trinajstić information content (AvgIpc) is 2.47. The third kappa shape index (κ3) is 2.47. The van der Waals surface area contributed by atoms with Gasteiger partial charge in [-0.05, 0) is 18.4 Å². The van der Waals surface area contributed by atoms with Crippen LogP contribution in [-0.4, -0.2) is 37.2 Å². The standard InChI is InChI=1S/C14H17N3O2S/c1-10-8-16-13(9-17(10)20(18)19)14-12-5-3-2-4-11(12)6-7-15-14/h2-7,10,13,16H,8-9H2,1H3,(H,18,19)/p-1/t10-,13+/m0/s1. The Bertz CT molecular complexity index is 644. The minimum atomic E-state index is -2.19. The van der Waals surface area contributed by atoms with Gasteiger partial charge >= 0.3 is 0 Å². The Morgan fingerprint density at radius 1 is 1.40 bits per heavy atom. The van der Waals surface area contributed by atoms with Crippen molar-refractivity contribution >= 4 is 22.0 Å². The lowest BCUT2D eigenvalue weighted by Crippen LogP contribution is -2.52. The third-order valence-corrected chi connectivity index (χ3v) is 4.63. The van der Waals surface area contributed by atoms with Crippen molar-refractivity contribution in [2.24, 2.45) is 0 Å². The molecular weight excluding hydrogens is 274 g/mol. The topological polar surface area (TPSA) is 68.3 Å². The summed E-state index contributed by atoms with van der Waals surface area (Å²) in [6, 6.07) is 9.89. The molecule has 1 aromatic heterocycles. The molecule has 0 spiro atoms. The summed E-state index contributed by atoms with van der Waals surface area (Å²) < 4.78 is 24.0. The molecule has 1 saturated heterocycles. The van der Waals surface area contributed by atoms with Crippen LogP contribution < -0.4 is 5.32 Å². The molecule has 0 saturated carbocycles. The SMILES string of the molecule is C[C@H]1CN[C@@H](c2nccc3ccccc23)CN1S(=O)[O-]. The van der Waals surface area contributed by atoms with E-state index in [0.717, 1.165) is 16.5 Å². The van der Waals surface area contributed by atoms with Crippen LogP contribution in [-0.2, 0) is 11.3 Å². The highest BCUT2D eigenvalue weighted by Gasteiger charge is 2.28. The number of hydrogen-bond donors (Lipinski definition) is 1. The highest BCUT2D eigenvalue weighted by atomic mass is 32.2. The molecule has 1 fully saturated rings. The van der Waals surface area contributed by atoms with Gasteiger partial charge in [0.1, 0.15) is 0 Å². The fraction of sp³-hybridized carbons (Fsp3) is 0.357. The molecule has 2 aromatic rings. The molecule has 106 valence electrons. The van der Waals surface area contributed by atoms with Crippen molar-refractivity contribution in [3.05, 3.63) is 42.2 Å². The summed E-state index contributed by atoms with van der Waals surface area (Å²) in [6.45, 7) is 2.94. The summed E-state index contributed by atoms with van der Waals surface area (Å²) in [7, 11) is 0. The van der Waals surface area contributed by atoms with Gasteiger partial charge in [-0.3, -0.25) is 9.19 Å². The number of pyridine rings is 1. The summed E-state index contributed by atoms with van der Waals surface area (Å²) in [5.74, 6) is 0. The van der Waals surface area contributed by atoms with Crippen molar-refractivity contribution < 1.29 is 8.76 Å². The van der Waals surface area contributed by atoms with E-state index in [1.165, 1.54) is 4.31 Å². The first-order valence-corrected chi connectivity index (χ1v) is 7.63. The number of aromatic nitrogens is 1. The van der Waals surface area contributed by atoms with Crippen molar-refractivity contribution in [1.29, 1.82) is 0 Å². The van der Waals surface area contributed by atoms with Gasteiger partial charge in [0, 0.05) is 42.0 Å². The van der Waals surface area contributed by atoms with Crippen LogP contribution in [0.5, 0.6) is 0 Å². The van der Waals surface area contributed by atoms with E-state index >= 15 is 0 Å². The van der Waals surface area contributed by atoms with Crippen molar-refractivity contribution in [2.45, 2.75) is 19.0 Å². The van der Waals surface area contributed by atoms with Gasteiger partial charge in [-0.2, -0.15) is 0 Å². The Labute approximate surface area is 120 Å². The molecule has 0 bridgehead atoms. The first kappa shape index (κ1) is 13.6. The maximum absolute atomic E-state index is 11.3. The lowest BCUT2D eigenvalue weighted by atomic mass is 10.0. The molecule has 0 aliphatic carbocycles. The Morgan fingerprint density at radius 2 is 2.20 bits per heavy atom. The van der Waals surface area contributed by atoms with Gasteiger partial charge in [0.2, 0.25) is 0 Å². The van der Waals surface area contributed by atoms with Gasteiger partial charge in [-0.1, -0.05) is 24.3 Å². The number of piperazine rings is 1. The maximum Gasteiger partial charge on any atom is 0.0664 e. The number of benzene rings is 1. The second kappa shape index (κ2) is 5.57. The van der Waals surface area contributed by atoms with Gasteiger partial charge in [-0.15, -0.1) is 0 Å².